The summed E-state index contributed by atoms with van der Waals surface area (Å²) in [6, 6.07) is 12.6. The number of carbonyl (C=O) groups excluding carboxylic acids is 1. The zero-order chi connectivity index (χ0) is 21.1. The van der Waals surface area contributed by atoms with Crippen LogP contribution in [0.1, 0.15) is 30.4 Å². The fourth-order valence-electron chi connectivity index (χ4n) is 3.48. The number of nitrogens with one attached hydrogen (secondary N) is 1. The topological polar surface area (TPSA) is 84.9 Å². The van der Waals surface area contributed by atoms with Gasteiger partial charge in [-0.05, 0) is 43.0 Å². The quantitative estimate of drug-likeness (QED) is 0.730. The van der Waals surface area contributed by atoms with Gasteiger partial charge in [-0.3, -0.25) is 4.79 Å². The Kier molecular flexibility index (Phi) is 5.97. The van der Waals surface area contributed by atoms with E-state index >= 15 is 0 Å². The summed E-state index contributed by atoms with van der Waals surface area (Å²) in [4.78, 5) is 12.2. The molecule has 30 heavy (non-hydrogen) atoms. The van der Waals surface area contributed by atoms with Gasteiger partial charge in [0, 0.05) is 37.2 Å². The molecule has 0 saturated heterocycles. The number of hydrogen-bond acceptors (Lipinski definition) is 5. The Bertz CT molecular complexity index is 1030. The molecule has 1 aliphatic carbocycles. The normalized spacial score (nSPS) is 16.8. The fraction of sp³-hybridized carbons (Fsp3) is 0.409. The maximum Gasteiger partial charge on any atom is 0.243 e. The molecule has 160 valence electrons. The number of hydrogen-bond donors (Lipinski definition) is 1. The first-order valence-electron chi connectivity index (χ1n) is 10.1. The van der Waals surface area contributed by atoms with Gasteiger partial charge in [0.05, 0.1) is 12.0 Å². The standard InChI is InChI=1S/C22H26N2O5S/c1-28-19-3-2-4-20(14-19)30(26,27)24-11-12-29-21-9-5-16(13-17(21)15-24)6-10-22(25)23-18-7-8-18/h2-5,9,13-14,18H,6-8,10-12,15H2,1H3,(H,23,25). The Balaban J connectivity index is 1.50. The third-order valence-corrected chi connectivity index (χ3v) is 7.17. The van der Waals surface area contributed by atoms with Gasteiger partial charge in [-0.15, -0.1) is 0 Å². The van der Waals surface area contributed by atoms with Crippen LogP contribution in [-0.4, -0.2) is 44.9 Å². The second-order valence-corrected chi connectivity index (χ2v) is 9.59. The van der Waals surface area contributed by atoms with Crippen LogP contribution in [0.5, 0.6) is 11.5 Å². The minimum atomic E-state index is -3.70. The summed E-state index contributed by atoms with van der Waals surface area (Å²) in [5.41, 5.74) is 1.79. The number of ether oxygens (including phenoxy) is 2. The average Bonchev–Trinajstić information content (AvgIpc) is 3.58. The van der Waals surface area contributed by atoms with Gasteiger partial charge in [-0.2, -0.15) is 4.31 Å². The lowest BCUT2D eigenvalue weighted by molar-refractivity contribution is -0.121. The molecular weight excluding hydrogens is 404 g/mol. The van der Waals surface area contributed by atoms with Crippen molar-refractivity contribution in [1.29, 1.82) is 0 Å². The average molecular weight is 431 g/mol. The monoisotopic (exact) mass is 430 g/mol. The molecule has 4 rings (SSSR count). The molecule has 1 aliphatic heterocycles. The van der Waals surface area contributed by atoms with Gasteiger partial charge in [-0.25, -0.2) is 8.42 Å². The van der Waals surface area contributed by atoms with Crippen molar-refractivity contribution in [3.63, 3.8) is 0 Å². The van der Waals surface area contributed by atoms with Crippen LogP contribution in [0.2, 0.25) is 0 Å². The number of sulfonamides is 1. The van der Waals surface area contributed by atoms with E-state index in [1.54, 1.807) is 18.2 Å². The summed E-state index contributed by atoms with van der Waals surface area (Å²) in [6.07, 6.45) is 3.16. The predicted octanol–water partition coefficient (Wildman–Crippen LogP) is 2.49. The fourth-order valence-corrected chi connectivity index (χ4v) is 4.92. The van der Waals surface area contributed by atoms with Gasteiger partial charge in [0.25, 0.3) is 0 Å². The summed E-state index contributed by atoms with van der Waals surface area (Å²) >= 11 is 0. The number of aryl methyl sites for hydroxylation is 1. The lowest BCUT2D eigenvalue weighted by atomic mass is 10.1. The molecule has 1 N–H and O–H groups in total. The number of methoxy groups -OCH3 is 1. The van der Waals surface area contributed by atoms with E-state index in [0.29, 0.717) is 30.4 Å². The number of rotatable bonds is 7. The molecule has 0 radical (unpaired) electrons. The Morgan fingerprint density at radius 1 is 1.23 bits per heavy atom. The Labute approximate surface area is 177 Å². The molecule has 2 aliphatic rings. The zero-order valence-corrected chi connectivity index (χ0v) is 17.8. The van der Waals surface area contributed by atoms with Crippen molar-refractivity contribution in [2.75, 3.05) is 20.3 Å². The van der Waals surface area contributed by atoms with Crippen LogP contribution in [0, 0.1) is 0 Å². The maximum absolute atomic E-state index is 13.2. The highest BCUT2D eigenvalue weighted by Gasteiger charge is 2.28. The van der Waals surface area contributed by atoms with Gasteiger partial charge < -0.3 is 14.8 Å². The SMILES string of the molecule is COc1cccc(S(=O)(=O)N2CCOc3ccc(CCC(=O)NC4CC4)cc3C2)c1. The predicted molar refractivity (Wildman–Crippen MR) is 112 cm³/mol. The largest absolute Gasteiger partial charge is 0.497 e. The molecule has 1 fully saturated rings. The second-order valence-electron chi connectivity index (χ2n) is 7.65. The van der Waals surface area contributed by atoms with Crippen molar-refractivity contribution < 1.29 is 22.7 Å². The molecule has 1 amide bonds. The van der Waals surface area contributed by atoms with Crippen LogP contribution in [0.25, 0.3) is 0 Å². The van der Waals surface area contributed by atoms with Crippen LogP contribution in [0.3, 0.4) is 0 Å². The lowest BCUT2D eigenvalue weighted by Crippen LogP contribution is -2.32. The Morgan fingerprint density at radius 2 is 2.07 bits per heavy atom. The Hall–Kier alpha value is -2.58. The molecular formula is C22H26N2O5S. The first kappa shape index (κ1) is 20.7. The molecule has 1 heterocycles. The molecule has 2 aromatic carbocycles. The van der Waals surface area contributed by atoms with Gasteiger partial charge in [0.2, 0.25) is 15.9 Å². The summed E-state index contributed by atoms with van der Waals surface area (Å²) in [7, 11) is -2.19. The summed E-state index contributed by atoms with van der Waals surface area (Å²) in [5, 5.41) is 2.99. The van der Waals surface area contributed by atoms with E-state index in [4.69, 9.17) is 9.47 Å². The smallest absolute Gasteiger partial charge is 0.243 e. The molecule has 8 heteroatoms. The first-order valence-corrected chi connectivity index (χ1v) is 11.6. The molecule has 0 aromatic heterocycles. The van der Waals surface area contributed by atoms with Crippen LogP contribution in [0.15, 0.2) is 47.4 Å². The minimum absolute atomic E-state index is 0.0610. The zero-order valence-electron chi connectivity index (χ0n) is 17.0. The molecule has 0 spiro atoms. The van der Waals surface area contributed by atoms with E-state index in [9.17, 15) is 13.2 Å². The highest BCUT2D eigenvalue weighted by molar-refractivity contribution is 7.89. The minimum Gasteiger partial charge on any atom is -0.497 e. The van der Waals surface area contributed by atoms with E-state index in [1.165, 1.54) is 17.5 Å². The van der Waals surface area contributed by atoms with E-state index in [1.807, 2.05) is 18.2 Å². The third-order valence-electron chi connectivity index (χ3n) is 5.33. The van der Waals surface area contributed by atoms with Crippen LogP contribution in [-0.2, 0) is 27.8 Å². The van der Waals surface area contributed by atoms with Crippen molar-refractivity contribution in [3.05, 3.63) is 53.6 Å². The van der Waals surface area contributed by atoms with Crippen molar-refractivity contribution in [2.24, 2.45) is 0 Å². The molecule has 2 aromatic rings. The highest BCUT2D eigenvalue weighted by Crippen LogP contribution is 2.29. The molecule has 0 atom stereocenters. The number of nitrogens with zero attached hydrogens (tertiary/aromatic N) is 1. The van der Waals surface area contributed by atoms with Gasteiger partial charge in [0.1, 0.15) is 18.1 Å². The van der Waals surface area contributed by atoms with Crippen molar-refractivity contribution in [1.82, 2.24) is 9.62 Å². The summed E-state index contributed by atoms with van der Waals surface area (Å²) in [5.74, 6) is 1.24. The van der Waals surface area contributed by atoms with Crippen LogP contribution >= 0.6 is 0 Å². The number of fused-ring (bicyclic) bond motifs is 1. The van der Waals surface area contributed by atoms with Crippen molar-refractivity contribution in [3.8, 4) is 11.5 Å². The van der Waals surface area contributed by atoms with Crippen LogP contribution in [0.4, 0.5) is 0 Å². The number of carbonyl (C=O) groups is 1. The van der Waals surface area contributed by atoms with Gasteiger partial charge >= 0.3 is 0 Å². The summed E-state index contributed by atoms with van der Waals surface area (Å²) < 4.78 is 38.8. The highest BCUT2D eigenvalue weighted by atomic mass is 32.2. The molecule has 0 bridgehead atoms. The third kappa shape index (κ3) is 4.76. The van der Waals surface area contributed by atoms with Crippen molar-refractivity contribution >= 4 is 15.9 Å². The summed E-state index contributed by atoms with van der Waals surface area (Å²) in [6.45, 7) is 0.754. The van der Waals surface area contributed by atoms with E-state index in [2.05, 4.69) is 5.32 Å². The molecule has 0 unspecified atom stereocenters. The molecule has 1 saturated carbocycles. The van der Waals surface area contributed by atoms with Gasteiger partial charge in [0.15, 0.2) is 0 Å². The lowest BCUT2D eigenvalue weighted by Gasteiger charge is -2.20. The van der Waals surface area contributed by atoms with Crippen molar-refractivity contribution in [2.45, 2.75) is 43.2 Å². The van der Waals surface area contributed by atoms with E-state index in [-0.39, 0.29) is 30.5 Å². The number of benzene rings is 2. The molecule has 7 nitrogen and oxygen atoms in total. The maximum atomic E-state index is 13.2. The van der Waals surface area contributed by atoms with Gasteiger partial charge in [-0.1, -0.05) is 18.2 Å². The number of amides is 1. The first-order chi connectivity index (χ1) is 14.5. The Morgan fingerprint density at radius 3 is 2.83 bits per heavy atom. The van der Waals surface area contributed by atoms with Crippen LogP contribution < -0.4 is 14.8 Å². The van der Waals surface area contributed by atoms with E-state index in [0.717, 1.165) is 24.0 Å². The van der Waals surface area contributed by atoms with E-state index < -0.39 is 10.0 Å². The second kappa shape index (κ2) is 8.65.